The fourth-order valence-electron chi connectivity index (χ4n) is 5.52. The van der Waals surface area contributed by atoms with Crippen molar-refractivity contribution in [3.63, 3.8) is 0 Å². The van der Waals surface area contributed by atoms with Crippen LogP contribution in [0.2, 0.25) is 10.0 Å². The van der Waals surface area contributed by atoms with Crippen molar-refractivity contribution in [1.29, 1.82) is 5.26 Å². The Morgan fingerprint density at radius 1 is 1.32 bits per heavy atom. The number of fused-ring (bicyclic) bond motifs is 1. The summed E-state index contributed by atoms with van der Waals surface area (Å²) in [6.07, 6.45) is 4.50. The molecule has 3 N–H and O–H groups in total. The van der Waals surface area contributed by atoms with Crippen molar-refractivity contribution >= 4 is 51.8 Å². The van der Waals surface area contributed by atoms with Crippen LogP contribution in [0.4, 0.5) is 0 Å². The first-order valence-corrected chi connectivity index (χ1v) is 12.3. The van der Waals surface area contributed by atoms with Crippen molar-refractivity contribution in [2.75, 3.05) is 13.1 Å². The molecule has 0 radical (unpaired) electrons. The Balaban J connectivity index is 1.36. The molecule has 0 bridgehead atoms. The molecule has 3 aliphatic rings. The largest absolute Gasteiger partial charge is 0.356 e. The van der Waals surface area contributed by atoms with Gasteiger partial charge in [-0.15, -0.1) is 0 Å². The lowest BCUT2D eigenvalue weighted by Crippen LogP contribution is -2.49. The molecule has 1 spiro atoms. The number of nitrogens with zero attached hydrogens (tertiary/aromatic N) is 2. The van der Waals surface area contributed by atoms with Gasteiger partial charge in [-0.05, 0) is 49.7 Å². The van der Waals surface area contributed by atoms with E-state index in [0.717, 1.165) is 24.6 Å². The van der Waals surface area contributed by atoms with Crippen LogP contribution < -0.4 is 10.6 Å². The van der Waals surface area contributed by atoms with Gasteiger partial charge in [0.2, 0.25) is 11.8 Å². The summed E-state index contributed by atoms with van der Waals surface area (Å²) in [5.74, 6) is -0.999. The summed E-state index contributed by atoms with van der Waals surface area (Å²) >= 11 is 12.4. The molecule has 10 heteroatoms. The standard InChI is InChI=1S/C24H25Cl2N5O3/c25-16-3-2-13-9-17(30-20(13)19(16)26)23(34)31-12-24(5-1-6-24)10-18(31)22(33)29-15(11-27)8-14-4-7-28-21(14)32/h2-3,9,14-15,18,30H,1,4-8,10,12H2,(H,28,32)(H,29,33)/t14-,15-,18?/m0/s1. The molecule has 3 amide bonds. The summed E-state index contributed by atoms with van der Waals surface area (Å²) in [7, 11) is 0. The first-order valence-electron chi connectivity index (χ1n) is 11.6. The zero-order chi connectivity index (χ0) is 24.0. The minimum Gasteiger partial charge on any atom is -0.356 e. The molecular formula is C24H25Cl2N5O3. The molecule has 3 heterocycles. The van der Waals surface area contributed by atoms with E-state index in [1.54, 1.807) is 23.1 Å². The summed E-state index contributed by atoms with van der Waals surface area (Å²) in [6.45, 7) is 1.08. The van der Waals surface area contributed by atoms with E-state index in [-0.39, 0.29) is 35.5 Å². The maximum absolute atomic E-state index is 13.6. The number of nitriles is 1. The van der Waals surface area contributed by atoms with E-state index < -0.39 is 12.1 Å². The van der Waals surface area contributed by atoms with Crippen molar-refractivity contribution in [2.24, 2.45) is 11.3 Å². The topological polar surface area (TPSA) is 118 Å². The Hall–Kier alpha value is -2.76. The van der Waals surface area contributed by atoms with Crippen LogP contribution in [0.3, 0.4) is 0 Å². The highest BCUT2D eigenvalue weighted by Crippen LogP contribution is 2.50. The molecular weight excluding hydrogens is 477 g/mol. The monoisotopic (exact) mass is 501 g/mol. The van der Waals surface area contributed by atoms with Gasteiger partial charge in [-0.25, -0.2) is 0 Å². The number of carbonyl (C=O) groups is 3. The molecule has 34 heavy (non-hydrogen) atoms. The van der Waals surface area contributed by atoms with E-state index >= 15 is 0 Å². The lowest BCUT2D eigenvalue weighted by atomic mass is 9.67. The van der Waals surface area contributed by atoms with Gasteiger partial charge in [0.15, 0.2) is 0 Å². The van der Waals surface area contributed by atoms with Gasteiger partial charge < -0.3 is 20.5 Å². The highest BCUT2D eigenvalue weighted by atomic mass is 35.5. The van der Waals surface area contributed by atoms with E-state index in [4.69, 9.17) is 23.2 Å². The minimum atomic E-state index is -0.787. The third kappa shape index (κ3) is 4.01. The van der Waals surface area contributed by atoms with Crippen LogP contribution in [0.1, 0.15) is 49.0 Å². The van der Waals surface area contributed by atoms with Crippen LogP contribution in [-0.4, -0.2) is 52.8 Å². The molecule has 1 aliphatic carbocycles. The second-order valence-electron chi connectivity index (χ2n) is 9.72. The predicted octanol–water partition coefficient (Wildman–Crippen LogP) is 3.39. The molecule has 1 unspecified atom stereocenters. The molecule has 2 saturated heterocycles. The number of benzene rings is 1. The van der Waals surface area contributed by atoms with Crippen molar-refractivity contribution in [3.8, 4) is 6.07 Å². The van der Waals surface area contributed by atoms with Crippen LogP contribution >= 0.6 is 23.2 Å². The first-order chi connectivity index (χ1) is 16.3. The number of likely N-dealkylation sites (tertiary alicyclic amines) is 1. The quantitative estimate of drug-likeness (QED) is 0.581. The van der Waals surface area contributed by atoms with E-state index in [0.29, 0.717) is 47.2 Å². The molecule has 8 nitrogen and oxygen atoms in total. The summed E-state index contributed by atoms with van der Waals surface area (Å²) in [5.41, 5.74) is 0.862. The third-order valence-corrected chi connectivity index (χ3v) is 8.36. The van der Waals surface area contributed by atoms with Crippen molar-refractivity contribution in [2.45, 2.75) is 50.6 Å². The normalized spacial score (nSPS) is 24.0. The van der Waals surface area contributed by atoms with E-state index in [2.05, 4.69) is 21.7 Å². The number of nitrogens with one attached hydrogen (secondary N) is 3. The van der Waals surface area contributed by atoms with Crippen LogP contribution in [0.25, 0.3) is 10.9 Å². The Morgan fingerprint density at radius 3 is 2.76 bits per heavy atom. The Morgan fingerprint density at radius 2 is 2.12 bits per heavy atom. The van der Waals surface area contributed by atoms with Crippen molar-refractivity contribution in [1.82, 2.24) is 20.5 Å². The number of hydrogen-bond donors (Lipinski definition) is 3. The lowest BCUT2D eigenvalue weighted by Gasteiger charge is -2.37. The second-order valence-corrected chi connectivity index (χ2v) is 10.5. The zero-order valence-electron chi connectivity index (χ0n) is 18.5. The van der Waals surface area contributed by atoms with Gasteiger partial charge in [-0.1, -0.05) is 35.7 Å². The molecule has 1 aromatic carbocycles. The lowest BCUT2D eigenvalue weighted by molar-refractivity contribution is -0.126. The highest BCUT2D eigenvalue weighted by Gasteiger charge is 2.52. The van der Waals surface area contributed by atoms with Crippen LogP contribution in [0.5, 0.6) is 0 Å². The third-order valence-electron chi connectivity index (χ3n) is 7.56. The van der Waals surface area contributed by atoms with Gasteiger partial charge in [-0.2, -0.15) is 5.26 Å². The van der Waals surface area contributed by atoms with Gasteiger partial charge in [0.05, 0.1) is 21.6 Å². The summed E-state index contributed by atoms with van der Waals surface area (Å²) in [5, 5.41) is 16.7. The smallest absolute Gasteiger partial charge is 0.271 e. The van der Waals surface area contributed by atoms with Gasteiger partial charge >= 0.3 is 0 Å². The van der Waals surface area contributed by atoms with Gasteiger partial charge in [0, 0.05) is 24.4 Å². The van der Waals surface area contributed by atoms with Crippen LogP contribution in [0.15, 0.2) is 18.2 Å². The van der Waals surface area contributed by atoms with Gasteiger partial charge in [0.25, 0.3) is 5.91 Å². The highest BCUT2D eigenvalue weighted by molar-refractivity contribution is 6.45. The van der Waals surface area contributed by atoms with Crippen LogP contribution in [-0.2, 0) is 9.59 Å². The Labute approximate surface area is 206 Å². The summed E-state index contributed by atoms with van der Waals surface area (Å²) in [6, 6.07) is 5.83. The SMILES string of the molecule is N#C[C@H](C[C@@H]1CCNC1=O)NC(=O)C1CC2(CCC2)CN1C(=O)c1cc2ccc(Cl)c(Cl)c2[nH]1. The maximum Gasteiger partial charge on any atom is 0.271 e. The van der Waals surface area contributed by atoms with Crippen molar-refractivity contribution < 1.29 is 14.4 Å². The number of amides is 3. The number of aromatic amines is 1. The number of carbonyl (C=O) groups excluding carboxylic acids is 3. The van der Waals surface area contributed by atoms with Gasteiger partial charge in [0.1, 0.15) is 17.8 Å². The Bertz CT molecular complexity index is 1220. The molecule has 1 aromatic heterocycles. The van der Waals surface area contributed by atoms with Crippen LogP contribution in [0, 0.1) is 22.7 Å². The summed E-state index contributed by atoms with van der Waals surface area (Å²) < 4.78 is 0. The molecule has 1 saturated carbocycles. The summed E-state index contributed by atoms with van der Waals surface area (Å²) in [4.78, 5) is 43.5. The number of H-pyrrole nitrogens is 1. The number of hydrogen-bond acceptors (Lipinski definition) is 4. The van der Waals surface area contributed by atoms with E-state index in [1.807, 2.05) is 0 Å². The van der Waals surface area contributed by atoms with Gasteiger partial charge in [-0.3, -0.25) is 14.4 Å². The number of halogens is 2. The molecule has 2 aromatic rings. The molecule has 2 aliphatic heterocycles. The minimum absolute atomic E-state index is 0.0574. The Kier molecular flexibility index (Phi) is 5.95. The van der Waals surface area contributed by atoms with E-state index in [9.17, 15) is 19.6 Å². The average Bonchev–Trinajstić information content (AvgIpc) is 3.52. The van der Waals surface area contributed by atoms with E-state index in [1.165, 1.54) is 0 Å². The zero-order valence-corrected chi connectivity index (χ0v) is 20.0. The molecule has 178 valence electrons. The molecule has 3 atom stereocenters. The first kappa shape index (κ1) is 23.0. The maximum atomic E-state index is 13.6. The molecule has 5 rings (SSSR count). The second kappa shape index (κ2) is 8.79. The number of rotatable bonds is 5. The van der Waals surface area contributed by atoms with Crippen molar-refractivity contribution in [3.05, 3.63) is 33.9 Å². The average molecular weight is 502 g/mol. The fourth-order valence-corrected chi connectivity index (χ4v) is 5.90. The number of aromatic nitrogens is 1. The fraction of sp³-hybridized carbons (Fsp3) is 0.500. The molecule has 3 fully saturated rings. The predicted molar refractivity (Wildman–Crippen MR) is 127 cm³/mol.